The van der Waals surface area contributed by atoms with Crippen LogP contribution in [0.25, 0.3) is 5.65 Å². The Hall–Kier alpha value is -3.51. The normalized spacial score (nSPS) is 28.8. The van der Waals surface area contributed by atoms with Gasteiger partial charge in [-0.05, 0) is 74.1 Å². The minimum absolute atomic E-state index is 0.0289. The first-order valence-electron chi connectivity index (χ1n) is 13.9. The number of hydrogen-bond acceptors (Lipinski definition) is 7. The van der Waals surface area contributed by atoms with E-state index in [1.54, 1.807) is 23.8 Å². The number of carbonyl (C=O) groups is 2. The summed E-state index contributed by atoms with van der Waals surface area (Å²) in [5, 5.41) is 17.9. The largest absolute Gasteiger partial charge is 0.348 e. The van der Waals surface area contributed by atoms with Gasteiger partial charge in [-0.2, -0.15) is 5.10 Å². The van der Waals surface area contributed by atoms with Gasteiger partial charge in [0.25, 0.3) is 5.91 Å². The molecule has 4 saturated carbocycles. The van der Waals surface area contributed by atoms with Crippen LogP contribution in [0.15, 0.2) is 23.1 Å². The summed E-state index contributed by atoms with van der Waals surface area (Å²) in [4.78, 5) is 30.8. The summed E-state index contributed by atoms with van der Waals surface area (Å²) in [6.07, 6.45) is 5.30. The molecule has 4 fully saturated rings. The number of halogens is 3. The monoisotopic (exact) mass is 557 g/mol. The second-order valence-electron chi connectivity index (χ2n) is 12.1. The predicted octanol–water partition coefficient (Wildman–Crippen LogP) is 4.03. The van der Waals surface area contributed by atoms with Crippen LogP contribution in [0.5, 0.6) is 0 Å². The van der Waals surface area contributed by atoms with Gasteiger partial charge in [0.05, 0.1) is 35.6 Å². The molecule has 0 aliphatic heterocycles. The van der Waals surface area contributed by atoms with Gasteiger partial charge < -0.3 is 10.6 Å². The zero-order chi connectivity index (χ0) is 27.8. The molecule has 1 unspecified atom stereocenters. The summed E-state index contributed by atoms with van der Waals surface area (Å²) in [5.74, 6) is -3.45. The first-order chi connectivity index (χ1) is 19.1. The third kappa shape index (κ3) is 4.33. The molecule has 212 valence electrons. The van der Waals surface area contributed by atoms with Gasteiger partial charge in [0.15, 0.2) is 11.3 Å². The Morgan fingerprint density at radius 3 is 2.45 bits per heavy atom. The van der Waals surface area contributed by atoms with E-state index in [-0.39, 0.29) is 61.1 Å². The Morgan fingerprint density at radius 2 is 1.82 bits per heavy atom. The molecule has 0 bridgehead atoms. The number of aromatic nitrogens is 5. The fourth-order valence-corrected chi connectivity index (χ4v) is 6.62. The Kier molecular flexibility index (Phi) is 5.73. The van der Waals surface area contributed by atoms with Gasteiger partial charge in [-0.3, -0.25) is 9.59 Å². The number of nitrogens with zero attached hydrogens (tertiary/aromatic N) is 5. The van der Waals surface area contributed by atoms with E-state index in [4.69, 9.17) is 4.98 Å². The zero-order valence-corrected chi connectivity index (χ0v) is 21.9. The number of rotatable bonds is 8. The maximum atomic E-state index is 14.0. The van der Waals surface area contributed by atoms with Gasteiger partial charge >= 0.3 is 0 Å². The average Bonchev–Trinajstić information content (AvgIpc) is 3.76. The van der Waals surface area contributed by atoms with E-state index in [2.05, 4.69) is 30.7 Å². The van der Waals surface area contributed by atoms with E-state index in [1.807, 2.05) is 6.07 Å². The zero-order valence-electron chi connectivity index (χ0n) is 21.9. The smallest absolute Gasteiger partial charge is 0.276 e. The van der Waals surface area contributed by atoms with Crippen molar-refractivity contribution in [1.82, 2.24) is 35.5 Å². The molecule has 5 atom stereocenters. The van der Waals surface area contributed by atoms with Crippen molar-refractivity contribution in [2.75, 3.05) is 0 Å². The molecule has 4 aliphatic rings. The van der Waals surface area contributed by atoms with Crippen molar-refractivity contribution in [2.45, 2.75) is 82.5 Å². The molecule has 0 saturated heterocycles. The summed E-state index contributed by atoms with van der Waals surface area (Å²) in [5.41, 5.74) is 1.64. The van der Waals surface area contributed by atoms with Crippen molar-refractivity contribution < 1.29 is 27.4 Å². The predicted molar refractivity (Wildman–Crippen MR) is 133 cm³/mol. The Balaban J connectivity index is 1.15. The number of nitrogens with one attached hydrogen (secondary N) is 2. The van der Waals surface area contributed by atoms with E-state index < -0.39 is 29.5 Å². The molecule has 3 aromatic heterocycles. The summed E-state index contributed by atoms with van der Waals surface area (Å²) >= 11 is 0. The van der Waals surface area contributed by atoms with Crippen LogP contribution in [0, 0.1) is 30.1 Å². The molecule has 0 radical (unpaired) electrons. The summed E-state index contributed by atoms with van der Waals surface area (Å²) in [6, 6.07) is 0.972. The first kappa shape index (κ1) is 25.5. The maximum absolute atomic E-state index is 14.0. The number of hydrogen-bond donors (Lipinski definition) is 2. The lowest BCUT2D eigenvalue weighted by Crippen LogP contribution is -2.43. The van der Waals surface area contributed by atoms with E-state index in [1.165, 1.54) is 0 Å². The highest BCUT2D eigenvalue weighted by molar-refractivity contribution is 5.93. The van der Waals surface area contributed by atoms with Crippen molar-refractivity contribution in [1.29, 1.82) is 0 Å². The van der Waals surface area contributed by atoms with E-state index in [0.717, 1.165) is 18.4 Å². The maximum Gasteiger partial charge on any atom is 0.276 e. The van der Waals surface area contributed by atoms with Crippen molar-refractivity contribution in [3.63, 3.8) is 0 Å². The van der Waals surface area contributed by atoms with Crippen LogP contribution in [-0.2, 0) is 4.79 Å². The molecule has 13 heteroatoms. The fraction of sp³-hybridized carbons (Fsp3) is 0.630. The lowest BCUT2D eigenvalue weighted by Gasteiger charge is -2.33. The number of fused-ring (bicyclic) bond motifs is 2. The van der Waals surface area contributed by atoms with Crippen LogP contribution >= 0.6 is 0 Å². The fourth-order valence-electron chi connectivity index (χ4n) is 6.62. The molecule has 3 aromatic rings. The molecule has 2 amide bonds. The highest BCUT2D eigenvalue weighted by Gasteiger charge is 2.72. The molecule has 7 rings (SSSR count). The highest BCUT2D eigenvalue weighted by atomic mass is 19.3. The van der Waals surface area contributed by atoms with Gasteiger partial charge in [0.1, 0.15) is 11.9 Å². The van der Waals surface area contributed by atoms with Gasteiger partial charge in [0, 0.05) is 18.8 Å². The lowest BCUT2D eigenvalue weighted by molar-refractivity contribution is -0.132. The minimum atomic E-state index is -2.72. The molecule has 40 heavy (non-hydrogen) atoms. The highest BCUT2D eigenvalue weighted by Crippen LogP contribution is 2.69. The van der Waals surface area contributed by atoms with Crippen molar-refractivity contribution >= 4 is 17.5 Å². The summed E-state index contributed by atoms with van der Waals surface area (Å²) < 4.78 is 47.9. The van der Waals surface area contributed by atoms with Crippen LogP contribution < -0.4 is 10.6 Å². The van der Waals surface area contributed by atoms with Gasteiger partial charge in [-0.15, -0.1) is 0 Å². The van der Waals surface area contributed by atoms with E-state index in [0.29, 0.717) is 29.9 Å². The quantitative estimate of drug-likeness (QED) is 0.428. The minimum Gasteiger partial charge on any atom is -0.348 e. The van der Waals surface area contributed by atoms with Crippen LogP contribution in [-0.4, -0.2) is 48.8 Å². The molecular weight excluding hydrogens is 527 g/mol. The van der Waals surface area contributed by atoms with Crippen molar-refractivity contribution in [2.24, 2.45) is 23.2 Å². The number of carbonyl (C=O) groups excluding carboxylic acids is 2. The first-order valence-corrected chi connectivity index (χ1v) is 13.9. The van der Waals surface area contributed by atoms with Crippen LogP contribution in [0.4, 0.5) is 13.2 Å². The van der Waals surface area contributed by atoms with Gasteiger partial charge in [-0.25, -0.2) is 27.3 Å². The Labute approximate surface area is 227 Å². The average molecular weight is 558 g/mol. The number of imidazole rings is 1. The second kappa shape index (κ2) is 9.00. The number of amides is 2. The number of alkyl halides is 3. The standard InChI is InChI=1S/C27H30F3N7O3/c1-13-21(36-40-35-13)24(38)33-23(15-4-6-27(29,30)7-5-15)19-12-37-20(32-19)8-16(11-31-37)22(14-2-3-14)34-25(39)26-9-17(26)18(28)10-26/h8,11-12,14-15,17-18,22-23H,2-7,9-10H2,1H3,(H,33,38)(H,34,39)/t17-,18+,22?,23-,26-/m0/s1. The molecular formula is C27H30F3N7O3. The Bertz CT molecular complexity index is 1480. The third-order valence-corrected chi connectivity index (χ3v) is 9.39. The summed E-state index contributed by atoms with van der Waals surface area (Å²) in [7, 11) is 0. The van der Waals surface area contributed by atoms with E-state index in [9.17, 15) is 22.8 Å². The lowest BCUT2D eigenvalue weighted by atomic mass is 9.81. The molecule has 4 aliphatic carbocycles. The molecule has 0 spiro atoms. The molecule has 10 nitrogen and oxygen atoms in total. The molecule has 2 N–H and O–H groups in total. The summed E-state index contributed by atoms with van der Waals surface area (Å²) in [6.45, 7) is 1.59. The second-order valence-corrected chi connectivity index (χ2v) is 12.1. The number of aryl methyl sites for hydroxylation is 1. The SMILES string of the molecule is Cc1nonc1C(=O)N[C@H](c1cn2ncc(C(NC(=O)[C@@]34C[C@@H](F)[C@@H]3C4)C3CC3)cc2n1)C1CCC(F)(F)CC1. The van der Waals surface area contributed by atoms with Crippen LogP contribution in [0.2, 0.25) is 0 Å². The third-order valence-electron chi connectivity index (χ3n) is 9.39. The molecule has 0 aromatic carbocycles. The van der Waals surface area contributed by atoms with E-state index >= 15 is 0 Å². The van der Waals surface area contributed by atoms with Crippen molar-refractivity contribution in [3.05, 3.63) is 41.1 Å². The van der Waals surface area contributed by atoms with Gasteiger partial charge in [-0.1, -0.05) is 5.16 Å². The topological polar surface area (TPSA) is 127 Å². The van der Waals surface area contributed by atoms with Crippen molar-refractivity contribution in [3.8, 4) is 0 Å². The molecule has 3 heterocycles. The van der Waals surface area contributed by atoms with Crippen LogP contribution in [0.1, 0.15) is 90.9 Å². The van der Waals surface area contributed by atoms with Gasteiger partial charge in [0.2, 0.25) is 11.8 Å². The van der Waals surface area contributed by atoms with Crippen LogP contribution in [0.3, 0.4) is 0 Å². The Morgan fingerprint density at radius 1 is 1.07 bits per heavy atom.